The number of hydrogen-bond acceptors (Lipinski definition) is 0. The fourth-order valence-electron chi connectivity index (χ4n) is 5.66. The number of quaternary nitrogens is 1. The highest BCUT2D eigenvalue weighted by Gasteiger charge is 2.04. The van der Waals surface area contributed by atoms with Crippen molar-refractivity contribution in [1.82, 2.24) is 0 Å². The van der Waals surface area contributed by atoms with Crippen LogP contribution in [0.15, 0.2) is 12.2 Å². The minimum absolute atomic E-state index is 1.12. The minimum atomic E-state index is 1.12. The Morgan fingerprint density at radius 3 is 0.816 bits per heavy atom. The summed E-state index contributed by atoms with van der Waals surface area (Å²) in [7, 11) is 6.90. The Morgan fingerprint density at radius 2 is 0.553 bits per heavy atom. The van der Waals surface area contributed by atoms with Crippen molar-refractivity contribution in [1.29, 1.82) is 0 Å². The molecule has 0 N–H and O–H groups in total. The van der Waals surface area contributed by atoms with Gasteiger partial charge in [-0.3, -0.25) is 0 Å². The Balaban J connectivity index is 3.09. The predicted octanol–water partition coefficient (Wildman–Crippen LogP) is 13.0. The van der Waals surface area contributed by atoms with E-state index in [9.17, 15) is 0 Å². The van der Waals surface area contributed by atoms with Gasteiger partial charge in [0.05, 0.1) is 27.7 Å². The number of hydrogen-bond donors (Lipinski definition) is 0. The minimum Gasteiger partial charge on any atom is -0.331 e. The molecule has 0 spiro atoms. The predicted molar refractivity (Wildman–Crippen MR) is 176 cm³/mol. The average Bonchev–Trinajstić information content (AvgIpc) is 2.88. The Hall–Kier alpha value is -0.300. The van der Waals surface area contributed by atoms with Gasteiger partial charge in [0.2, 0.25) is 0 Å². The lowest BCUT2D eigenvalue weighted by molar-refractivity contribution is -0.870. The van der Waals surface area contributed by atoms with E-state index in [4.69, 9.17) is 0 Å². The summed E-state index contributed by atoms with van der Waals surface area (Å²) in [5, 5.41) is 0. The van der Waals surface area contributed by atoms with Crippen LogP contribution in [0.3, 0.4) is 0 Å². The lowest BCUT2D eigenvalue weighted by Gasteiger charge is -2.23. The molecule has 0 radical (unpaired) electrons. The van der Waals surface area contributed by atoms with Crippen molar-refractivity contribution in [3.8, 4) is 0 Å². The van der Waals surface area contributed by atoms with E-state index in [2.05, 4.69) is 40.2 Å². The van der Waals surface area contributed by atoms with Crippen LogP contribution in [0.2, 0.25) is 0 Å². The maximum atomic E-state index is 2.46. The molecule has 0 bridgehead atoms. The van der Waals surface area contributed by atoms with Crippen LogP contribution < -0.4 is 0 Å². The molecule has 0 fully saturated rings. The van der Waals surface area contributed by atoms with Gasteiger partial charge >= 0.3 is 0 Å². The number of nitrogens with zero attached hydrogens (tertiary/aromatic N) is 1. The summed E-state index contributed by atoms with van der Waals surface area (Å²) < 4.78 is 1.12. The number of unbranched alkanes of at least 4 members (excludes halogenated alkanes) is 28. The average molecular weight is 535 g/mol. The van der Waals surface area contributed by atoms with E-state index < -0.39 is 0 Å². The molecular formula is C37H76N+. The van der Waals surface area contributed by atoms with Gasteiger partial charge in [-0.15, -0.1) is 0 Å². The Labute approximate surface area is 243 Å². The van der Waals surface area contributed by atoms with E-state index in [1.54, 1.807) is 0 Å². The van der Waals surface area contributed by atoms with Crippen molar-refractivity contribution in [2.24, 2.45) is 0 Å². The van der Waals surface area contributed by atoms with Crippen LogP contribution in [-0.2, 0) is 0 Å². The van der Waals surface area contributed by atoms with Gasteiger partial charge < -0.3 is 4.48 Å². The van der Waals surface area contributed by atoms with Crippen molar-refractivity contribution < 1.29 is 4.48 Å². The summed E-state index contributed by atoms with van der Waals surface area (Å²) in [6.07, 6.45) is 48.4. The molecule has 0 atom stereocenters. The zero-order valence-electron chi connectivity index (χ0n) is 27.5. The van der Waals surface area contributed by atoms with E-state index >= 15 is 0 Å². The van der Waals surface area contributed by atoms with Crippen LogP contribution >= 0.6 is 0 Å². The van der Waals surface area contributed by atoms with Gasteiger partial charge in [0, 0.05) is 0 Å². The maximum Gasteiger partial charge on any atom is 0.0780 e. The van der Waals surface area contributed by atoms with Crippen molar-refractivity contribution in [2.75, 3.05) is 27.7 Å². The van der Waals surface area contributed by atoms with E-state index in [0.29, 0.717) is 0 Å². The summed E-state index contributed by atoms with van der Waals surface area (Å²) in [6, 6.07) is 0. The zero-order valence-corrected chi connectivity index (χ0v) is 27.5. The SMILES string of the molecule is CCCCCCCCCCCCCCCCCCCCCCCC/C=C\CCCCCCCC[N+](C)(C)C. The molecule has 0 aliphatic rings. The van der Waals surface area contributed by atoms with Crippen LogP contribution in [0.4, 0.5) is 0 Å². The second-order valence-corrected chi connectivity index (χ2v) is 13.6. The summed E-state index contributed by atoms with van der Waals surface area (Å²) in [5.41, 5.74) is 0. The summed E-state index contributed by atoms with van der Waals surface area (Å²) in [4.78, 5) is 0. The standard InChI is InChI=1S/C37H76N/c1-5-6-7-8-9-10-11-12-13-14-15-16-17-18-19-20-21-22-23-24-25-26-27-28-29-30-31-32-33-34-35-36-37-38(2,3)4/h28-29H,5-27,30-37H2,1-4H3/q+1/b29-28-. The van der Waals surface area contributed by atoms with Crippen LogP contribution in [0.25, 0.3) is 0 Å². The van der Waals surface area contributed by atoms with Crippen molar-refractivity contribution in [2.45, 2.75) is 200 Å². The molecule has 1 nitrogen and oxygen atoms in total. The Bertz CT molecular complexity index is 446. The molecule has 0 aliphatic heterocycles. The maximum absolute atomic E-state index is 2.46. The Kier molecular flexibility index (Phi) is 31.0. The third-order valence-electron chi connectivity index (χ3n) is 8.34. The first-order chi connectivity index (χ1) is 18.6. The van der Waals surface area contributed by atoms with Gasteiger partial charge in [0.1, 0.15) is 0 Å². The quantitative estimate of drug-likeness (QED) is 0.0457. The molecule has 0 aromatic carbocycles. The van der Waals surface area contributed by atoms with E-state index in [-0.39, 0.29) is 0 Å². The van der Waals surface area contributed by atoms with Gasteiger partial charge in [-0.05, 0) is 38.5 Å². The molecule has 0 aromatic rings. The smallest absolute Gasteiger partial charge is 0.0780 e. The molecule has 0 rings (SSSR count). The highest BCUT2D eigenvalue weighted by atomic mass is 15.3. The van der Waals surface area contributed by atoms with Gasteiger partial charge in [-0.25, -0.2) is 0 Å². The number of rotatable bonds is 32. The third kappa shape index (κ3) is 35.7. The van der Waals surface area contributed by atoms with Gasteiger partial charge in [-0.2, -0.15) is 0 Å². The van der Waals surface area contributed by atoms with E-state index in [0.717, 1.165) is 4.48 Å². The summed E-state index contributed by atoms with van der Waals surface area (Å²) >= 11 is 0. The fraction of sp³-hybridized carbons (Fsp3) is 0.946. The molecule has 0 saturated carbocycles. The van der Waals surface area contributed by atoms with Crippen molar-refractivity contribution >= 4 is 0 Å². The molecule has 0 saturated heterocycles. The summed E-state index contributed by atoms with van der Waals surface area (Å²) in [6.45, 7) is 3.63. The molecule has 0 aliphatic carbocycles. The highest BCUT2D eigenvalue weighted by Crippen LogP contribution is 2.16. The fourth-order valence-corrected chi connectivity index (χ4v) is 5.66. The topological polar surface area (TPSA) is 0 Å². The first-order valence-electron chi connectivity index (χ1n) is 18.0. The van der Waals surface area contributed by atoms with Gasteiger partial charge in [0.15, 0.2) is 0 Å². The van der Waals surface area contributed by atoms with Crippen LogP contribution in [0.1, 0.15) is 200 Å². The van der Waals surface area contributed by atoms with Crippen LogP contribution in [0, 0.1) is 0 Å². The van der Waals surface area contributed by atoms with Gasteiger partial charge in [-0.1, -0.05) is 173 Å². The largest absolute Gasteiger partial charge is 0.331 e. The monoisotopic (exact) mass is 535 g/mol. The normalized spacial score (nSPS) is 12.2. The molecular weight excluding hydrogens is 458 g/mol. The molecule has 0 unspecified atom stereocenters. The molecule has 228 valence electrons. The second kappa shape index (κ2) is 31.2. The zero-order chi connectivity index (χ0) is 27.8. The first kappa shape index (κ1) is 37.7. The molecule has 0 heterocycles. The van der Waals surface area contributed by atoms with Crippen molar-refractivity contribution in [3.05, 3.63) is 12.2 Å². The number of allylic oxidation sites excluding steroid dienone is 2. The summed E-state index contributed by atoms with van der Waals surface area (Å²) in [5.74, 6) is 0. The molecule has 0 aromatic heterocycles. The lowest BCUT2D eigenvalue weighted by atomic mass is 10.0. The lowest BCUT2D eigenvalue weighted by Crippen LogP contribution is -2.35. The Morgan fingerprint density at radius 1 is 0.316 bits per heavy atom. The first-order valence-corrected chi connectivity index (χ1v) is 18.0. The highest BCUT2D eigenvalue weighted by molar-refractivity contribution is 4.81. The second-order valence-electron chi connectivity index (χ2n) is 13.6. The van der Waals surface area contributed by atoms with Crippen LogP contribution in [-0.4, -0.2) is 32.2 Å². The van der Waals surface area contributed by atoms with E-state index in [1.807, 2.05) is 0 Å². The molecule has 38 heavy (non-hydrogen) atoms. The van der Waals surface area contributed by atoms with Crippen LogP contribution in [0.5, 0.6) is 0 Å². The van der Waals surface area contributed by atoms with Gasteiger partial charge in [0.25, 0.3) is 0 Å². The third-order valence-corrected chi connectivity index (χ3v) is 8.34. The molecule has 1 heteroatoms. The van der Waals surface area contributed by atoms with Crippen molar-refractivity contribution in [3.63, 3.8) is 0 Å². The van der Waals surface area contributed by atoms with E-state index in [1.165, 1.54) is 199 Å². The molecule has 0 amide bonds.